The Morgan fingerprint density at radius 1 is 0.625 bits per heavy atom. The summed E-state index contributed by atoms with van der Waals surface area (Å²) in [6.07, 6.45) is 12.2. The van der Waals surface area contributed by atoms with Gasteiger partial charge in [0.1, 0.15) is 0 Å². The highest BCUT2D eigenvalue weighted by atomic mass is 16.2. The second kappa shape index (κ2) is 8.32. The molecule has 3 rings (SSSR count). The van der Waals surface area contributed by atoms with Crippen LogP contribution < -0.4 is 16.4 Å². The van der Waals surface area contributed by atoms with E-state index >= 15 is 0 Å². The van der Waals surface area contributed by atoms with Crippen molar-refractivity contribution in [3.63, 3.8) is 0 Å². The van der Waals surface area contributed by atoms with Gasteiger partial charge in [-0.15, -0.1) is 0 Å². The summed E-state index contributed by atoms with van der Waals surface area (Å²) in [6.45, 7) is 0. The standard InChI is InChI=1S/C19H33N3O2/c20-15-7-11-17(12-8-15)22-19(24)14-5-9-16(10-6-14)21-18(23)13-3-1-2-4-13/h13-17H,1-12,20H2,(H,21,23)(H,22,24). The quantitative estimate of drug-likeness (QED) is 0.736. The van der Waals surface area contributed by atoms with Gasteiger partial charge in [0.05, 0.1) is 0 Å². The molecule has 24 heavy (non-hydrogen) atoms. The first-order chi connectivity index (χ1) is 11.6. The maximum absolute atomic E-state index is 12.5. The summed E-state index contributed by atoms with van der Waals surface area (Å²) in [5, 5.41) is 6.45. The molecule has 2 amide bonds. The lowest BCUT2D eigenvalue weighted by Gasteiger charge is -2.32. The highest BCUT2D eigenvalue weighted by molar-refractivity contribution is 5.80. The molecular formula is C19H33N3O2. The molecule has 0 heterocycles. The maximum Gasteiger partial charge on any atom is 0.223 e. The summed E-state index contributed by atoms with van der Waals surface area (Å²) in [5.74, 6) is 0.832. The second-order valence-electron chi connectivity index (χ2n) is 8.16. The first kappa shape index (κ1) is 17.7. The third-order valence-corrected chi connectivity index (χ3v) is 6.29. The summed E-state index contributed by atoms with van der Waals surface area (Å²) >= 11 is 0. The zero-order valence-electron chi connectivity index (χ0n) is 14.8. The van der Waals surface area contributed by atoms with Gasteiger partial charge in [-0.25, -0.2) is 0 Å². The molecule has 5 heteroatoms. The average molecular weight is 335 g/mol. The SMILES string of the molecule is NC1CCC(NC(=O)C2CCC(NC(=O)C3CCCC3)CC2)CC1. The fourth-order valence-corrected chi connectivity index (χ4v) is 4.59. The molecule has 3 aliphatic rings. The van der Waals surface area contributed by atoms with Gasteiger partial charge in [0.2, 0.25) is 11.8 Å². The zero-order chi connectivity index (χ0) is 16.9. The van der Waals surface area contributed by atoms with Gasteiger partial charge in [-0.1, -0.05) is 12.8 Å². The van der Waals surface area contributed by atoms with Crippen LogP contribution in [0.15, 0.2) is 0 Å². The number of rotatable bonds is 4. The zero-order valence-corrected chi connectivity index (χ0v) is 14.8. The third-order valence-electron chi connectivity index (χ3n) is 6.29. The highest BCUT2D eigenvalue weighted by Gasteiger charge is 2.31. The van der Waals surface area contributed by atoms with E-state index in [1.165, 1.54) is 12.8 Å². The van der Waals surface area contributed by atoms with E-state index in [0.29, 0.717) is 12.1 Å². The van der Waals surface area contributed by atoms with Crippen molar-refractivity contribution in [1.82, 2.24) is 10.6 Å². The topological polar surface area (TPSA) is 84.2 Å². The molecule has 3 fully saturated rings. The van der Waals surface area contributed by atoms with Crippen LogP contribution in [0.2, 0.25) is 0 Å². The second-order valence-corrected chi connectivity index (χ2v) is 8.16. The van der Waals surface area contributed by atoms with Crippen LogP contribution in [-0.4, -0.2) is 29.9 Å². The Morgan fingerprint density at radius 2 is 1.04 bits per heavy atom. The molecular weight excluding hydrogens is 302 g/mol. The van der Waals surface area contributed by atoms with Crippen LogP contribution in [0.4, 0.5) is 0 Å². The van der Waals surface area contributed by atoms with Crippen molar-refractivity contribution in [2.24, 2.45) is 17.6 Å². The normalized spacial score (nSPS) is 34.7. The minimum Gasteiger partial charge on any atom is -0.353 e. The van der Waals surface area contributed by atoms with Gasteiger partial charge in [-0.2, -0.15) is 0 Å². The van der Waals surface area contributed by atoms with Gasteiger partial charge in [0.15, 0.2) is 0 Å². The van der Waals surface area contributed by atoms with Crippen LogP contribution in [0.25, 0.3) is 0 Å². The van der Waals surface area contributed by atoms with Crippen molar-refractivity contribution in [2.45, 2.75) is 95.2 Å². The number of nitrogens with one attached hydrogen (secondary N) is 2. The Hall–Kier alpha value is -1.10. The minimum absolute atomic E-state index is 0.125. The van der Waals surface area contributed by atoms with Gasteiger partial charge in [0.25, 0.3) is 0 Å². The molecule has 136 valence electrons. The van der Waals surface area contributed by atoms with Crippen molar-refractivity contribution < 1.29 is 9.59 Å². The van der Waals surface area contributed by atoms with E-state index in [0.717, 1.165) is 64.2 Å². The van der Waals surface area contributed by atoms with Crippen LogP contribution >= 0.6 is 0 Å². The van der Waals surface area contributed by atoms with E-state index in [2.05, 4.69) is 10.6 Å². The Morgan fingerprint density at radius 3 is 1.54 bits per heavy atom. The minimum atomic E-state index is 0.125. The molecule has 0 atom stereocenters. The Kier molecular flexibility index (Phi) is 6.14. The highest BCUT2D eigenvalue weighted by Crippen LogP contribution is 2.28. The number of amides is 2. The van der Waals surface area contributed by atoms with E-state index in [9.17, 15) is 9.59 Å². The molecule has 0 aromatic rings. The molecule has 0 radical (unpaired) electrons. The van der Waals surface area contributed by atoms with Gasteiger partial charge in [-0.05, 0) is 64.2 Å². The Bertz CT molecular complexity index is 432. The van der Waals surface area contributed by atoms with Crippen LogP contribution in [0, 0.1) is 11.8 Å². The maximum atomic E-state index is 12.5. The van der Waals surface area contributed by atoms with E-state index in [1.807, 2.05) is 0 Å². The molecule has 3 saturated carbocycles. The monoisotopic (exact) mass is 335 g/mol. The summed E-state index contributed by atoms with van der Waals surface area (Å²) in [6, 6.07) is 0.906. The largest absolute Gasteiger partial charge is 0.353 e. The third kappa shape index (κ3) is 4.71. The summed E-state index contributed by atoms with van der Waals surface area (Å²) in [4.78, 5) is 24.7. The summed E-state index contributed by atoms with van der Waals surface area (Å²) in [5.41, 5.74) is 5.92. The molecule has 3 aliphatic carbocycles. The van der Waals surface area contributed by atoms with Crippen LogP contribution in [0.1, 0.15) is 77.0 Å². The Balaban J connectivity index is 1.36. The Labute approximate surface area is 145 Å². The van der Waals surface area contributed by atoms with Gasteiger partial charge >= 0.3 is 0 Å². The van der Waals surface area contributed by atoms with Crippen molar-refractivity contribution in [3.05, 3.63) is 0 Å². The molecule has 0 spiro atoms. The number of carbonyl (C=O) groups excluding carboxylic acids is 2. The van der Waals surface area contributed by atoms with Gasteiger partial charge < -0.3 is 16.4 Å². The molecule has 5 nitrogen and oxygen atoms in total. The van der Waals surface area contributed by atoms with Crippen molar-refractivity contribution >= 4 is 11.8 Å². The summed E-state index contributed by atoms with van der Waals surface area (Å²) < 4.78 is 0. The molecule has 0 aromatic carbocycles. The van der Waals surface area contributed by atoms with Crippen molar-refractivity contribution in [3.8, 4) is 0 Å². The lowest BCUT2D eigenvalue weighted by molar-refractivity contribution is -0.127. The van der Waals surface area contributed by atoms with Crippen molar-refractivity contribution in [1.29, 1.82) is 0 Å². The first-order valence-corrected chi connectivity index (χ1v) is 9.98. The van der Waals surface area contributed by atoms with Gasteiger partial charge in [0, 0.05) is 30.0 Å². The van der Waals surface area contributed by atoms with E-state index in [1.54, 1.807) is 0 Å². The molecule has 4 N–H and O–H groups in total. The lowest BCUT2D eigenvalue weighted by Crippen LogP contribution is -2.45. The fraction of sp³-hybridized carbons (Fsp3) is 0.895. The predicted molar refractivity (Wildman–Crippen MR) is 94.2 cm³/mol. The number of hydrogen-bond donors (Lipinski definition) is 3. The molecule has 0 aliphatic heterocycles. The fourth-order valence-electron chi connectivity index (χ4n) is 4.59. The lowest BCUT2D eigenvalue weighted by atomic mass is 9.84. The van der Waals surface area contributed by atoms with E-state index in [4.69, 9.17) is 5.73 Å². The van der Waals surface area contributed by atoms with E-state index in [-0.39, 0.29) is 29.7 Å². The summed E-state index contributed by atoms with van der Waals surface area (Å²) in [7, 11) is 0. The van der Waals surface area contributed by atoms with Gasteiger partial charge in [-0.3, -0.25) is 9.59 Å². The first-order valence-electron chi connectivity index (χ1n) is 9.98. The predicted octanol–water partition coefficient (Wildman–Crippen LogP) is 2.24. The smallest absolute Gasteiger partial charge is 0.223 e. The molecule has 0 saturated heterocycles. The van der Waals surface area contributed by atoms with Crippen LogP contribution in [0.3, 0.4) is 0 Å². The number of carbonyl (C=O) groups is 2. The molecule has 0 aromatic heterocycles. The van der Waals surface area contributed by atoms with Crippen LogP contribution in [-0.2, 0) is 9.59 Å². The number of hydrogen-bond acceptors (Lipinski definition) is 3. The molecule has 0 unspecified atom stereocenters. The molecule has 0 bridgehead atoms. The average Bonchev–Trinajstić information content (AvgIpc) is 3.12. The van der Waals surface area contributed by atoms with Crippen molar-refractivity contribution in [2.75, 3.05) is 0 Å². The van der Waals surface area contributed by atoms with Crippen LogP contribution in [0.5, 0.6) is 0 Å². The number of nitrogens with two attached hydrogens (primary N) is 1. The van der Waals surface area contributed by atoms with E-state index < -0.39 is 0 Å².